The quantitative estimate of drug-likeness (QED) is 0.628. The Kier molecular flexibility index (Phi) is 2.64. The summed E-state index contributed by atoms with van der Waals surface area (Å²) in [5.74, 6) is 0. The van der Waals surface area contributed by atoms with Gasteiger partial charge in [0.25, 0.3) is 0 Å². The fraction of sp³-hybridized carbons (Fsp3) is 0.267. The fourth-order valence-electron chi connectivity index (χ4n) is 2.12. The SMILES string of the molecule is CC(C)(C)c1ccc2nc3nc(C#N)c(C#N)nc3n2c1. The molecule has 0 aromatic carbocycles. The third-order valence-electron chi connectivity index (χ3n) is 3.31. The summed E-state index contributed by atoms with van der Waals surface area (Å²) in [6, 6.07) is 7.68. The van der Waals surface area contributed by atoms with Gasteiger partial charge in [0, 0.05) is 6.20 Å². The van der Waals surface area contributed by atoms with E-state index in [1.807, 2.05) is 34.9 Å². The molecule has 0 spiro atoms. The van der Waals surface area contributed by atoms with Gasteiger partial charge in [0.05, 0.1) is 0 Å². The minimum absolute atomic E-state index is 0.00412. The zero-order valence-electron chi connectivity index (χ0n) is 11.9. The van der Waals surface area contributed by atoms with Crippen LogP contribution in [0.25, 0.3) is 16.9 Å². The molecule has 102 valence electrons. The summed E-state index contributed by atoms with van der Waals surface area (Å²) in [6.07, 6.45) is 1.95. The molecule has 6 heteroatoms. The molecular weight excluding hydrogens is 264 g/mol. The van der Waals surface area contributed by atoms with E-state index in [4.69, 9.17) is 10.5 Å². The maximum absolute atomic E-state index is 9.07. The monoisotopic (exact) mass is 276 g/mol. The largest absolute Gasteiger partial charge is 0.282 e. The van der Waals surface area contributed by atoms with E-state index in [0.717, 1.165) is 5.56 Å². The maximum Gasteiger partial charge on any atom is 0.199 e. The van der Waals surface area contributed by atoms with Gasteiger partial charge in [0.1, 0.15) is 17.8 Å². The lowest BCUT2D eigenvalue weighted by Gasteiger charge is -2.18. The first kappa shape index (κ1) is 13.0. The van der Waals surface area contributed by atoms with E-state index in [9.17, 15) is 0 Å². The van der Waals surface area contributed by atoms with Gasteiger partial charge in [0.15, 0.2) is 22.7 Å². The zero-order chi connectivity index (χ0) is 15.2. The second-order valence-corrected chi connectivity index (χ2v) is 5.80. The van der Waals surface area contributed by atoms with E-state index in [1.54, 1.807) is 0 Å². The smallest absolute Gasteiger partial charge is 0.199 e. The van der Waals surface area contributed by atoms with Crippen molar-refractivity contribution >= 4 is 16.9 Å². The highest BCUT2D eigenvalue weighted by Gasteiger charge is 2.17. The number of rotatable bonds is 0. The summed E-state index contributed by atoms with van der Waals surface area (Å²) in [4.78, 5) is 12.7. The standard InChI is InChI=1S/C15H12N6/c1-15(2,3)9-4-5-12-20-13-14(21(12)8-9)19-11(7-17)10(6-16)18-13/h4-5,8H,1-3H3. The molecule has 3 aromatic rings. The number of nitriles is 2. The lowest BCUT2D eigenvalue weighted by molar-refractivity contribution is 0.587. The Morgan fingerprint density at radius 3 is 2.29 bits per heavy atom. The molecular formula is C15H12N6. The van der Waals surface area contributed by atoms with Gasteiger partial charge in [0.2, 0.25) is 0 Å². The van der Waals surface area contributed by atoms with Gasteiger partial charge in [-0.3, -0.25) is 4.40 Å². The van der Waals surface area contributed by atoms with Crippen molar-refractivity contribution in [2.24, 2.45) is 0 Å². The minimum Gasteiger partial charge on any atom is -0.282 e. The molecule has 3 rings (SSSR count). The maximum atomic E-state index is 9.07. The summed E-state index contributed by atoms with van der Waals surface area (Å²) < 4.78 is 1.81. The van der Waals surface area contributed by atoms with Gasteiger partial charge in [-0.2, -0.15) is 10.5 Å². The Morgan fingerprint density at radius 2 is 1.67 bits per heavy atom. The molecule has 0 atom stereocenters. The normalized spacial score (nSPS) is 11.5. The lowest BCUT2D eigenvalue weighted by Crippen LogP contribution is -2.11. The molecule has 0 N–H and O–H groups in total. The molecule has 21 heavy (non-hydrogen) atoms. The Labute approximate surface area is 121 Å². The minimum atomic E-state index is -0.0110. The first-order chi connectivity index (χ1) is 9.94. The third-order valence-corrected chi connectivity index (χ3v) is 3.31. The topological polar surface area (TPSA) is 90.7 Å². The van der Waals surface area contributed by atoms with Crippen molar-refractivity contribution in [3.8, 4) is 12.1 Å². The highest BCUT2D eigenvalue weighted by atomic mass is 15.1. The number of hydrogen-bond donors (Lipinski definition) is 0. The summed E-state index contributed by atoms with van der Waals surface area (Å²) in [7, 11) is 0. The van der Waals surface area contributed by atoms with Gasteiger partial charge in [-0.1, -0.05) is 26.8 Å². The molecule has 0 radical (unpaired) electrons. The Morgan fingerprint density at radius 1 is 1.00 bits per heavy atom. The first-order valence-corrected chi connectivity index (χ1v) is 6.44. The van der Waals surface area contributed by atoms with Crippen LogP contribution in [0.2, 0.25) is 0 Å². The predicted octanol–water partition coefficient (Wildman–Crippen LogP) is 2.32. The third kappa shape index (κ3) is 1.98. The second kappa shape index (κ2) is 4.26. The molecule has 0 bridgehead atoms. The summed E-state index contributed by atoms with van der Waals surface area (Å²) in [6.45, 7) is 6.36. The molecule has 0 saturated carbocycles. The average Bonchev–Trinajstić information content (AvgIpc) is 2.81. The van der Waals surface area contributed by atoms with Crippen molar-refractivity contribution in [3.63, 3.8) is 0 Å². The molecule has 0 fully saturated rings. The van der Waals surface area contributed by atoms with Crippen molar-refractivity contribution < 1.29 is 0 Å². The van der Waals surface area contributed by atoms with E-state index in [1.165, 1.54) is 0 Å². The number of hydrogen-bond acceptors (Lipinski definition) is 5. The van der Waals surface area contributed by atoms with Crippen LogP contribution in [0.1, 0.15) is 37.7 Å². The van der Waals surface area contributed by atoms with Crippen LogP contribution in [0.5, 0.6) is 0 Å². The van der Waals surface area contributed by atoms with E-state index in [0.29, 0.717) is 16.9 Å². The molecule has 0 aliphatic rings. The fourth-order valence-corrected chi connectivity index (χ4v) is 2.12. The van der Waals surface area contributed by atoms with Crippen molar-refractivity contribution in [1.82, 2.24) is 19.4 Å². The molecule has 0 aliphatic carbocycles. The van der Waals surface area contributed by atoms with E-state index in [2.05, 4.69) is 35.7 Å². The molecule has 3 aromatic heterocycles. The number of aromatic nitrogens is 4. The highest BCUT2D eigenvalue weighted by molar-refractivity contribution is 5.74. The Bertz CT molecular complexity index is 947. The van der Waals surface area contributed by atoms with Gasteiger partial charge < -0.3 is 0 Å². The number of fused-ring (bicyclic) bond motifs is 3. The van der Waals surface area contributed by atoms with Gasteiger partial charge in [-0.25, -0.2) is 15.0 Å². The summed E-state index contributed by atoms with van der Waals surface area (Å²) in [5, 5.41) is 18.1. The highest BCUT2D eigenvalue weighted by Crippen LogP contribution is 2.24. The molecule has 6 nitrogen and oxygen atoms in total. The van der Waals surface area contributed by atoms with E-state index >= 15 is 0 Å². The first-order valence-electron chi connectivity index (χ1n) is 6.44. The van der Waals surface area contributed by atoms with Crippen molar-refractivity contribution in [2.45, 2.75) is 26.2 Å². The van der Waals surface area contributed by atoms with Crippen LogP contribution < -0.4 is 0 Å². The van der Waals surface area contributed by atoms with Crippen LogP contribution in [0.3, 0.4) is 0 Å². The van der Waals surface area contributed by atoms with Gasteiger partial charge >= 0.3 is 0 Å². The van der Waals surface area contributed by atoms with Crippen LogP contribution >= 0.6 is 0 Å². The second-order valence-electron chi connectivity index (χ2n) is 5.80. The lowest BCUT2D eigenvalue weighted by atomic mass is 9.88. The molecule has 0 amide bonds. The van der Waals surface area contributed by atoms with Gasteiger partial charge in [-0.05, 0) is 17.0 Å². The number of pyridine rings is 1. The summed E-state index contributed by atoms with van der Waals surface area (Å²) >= 11 is 0. The average molecular weight is 276 g/mol. The van der Waals surface area contributed by atoms with Crippen LogP contribution in [0.4, 0.5) is 0 Å². The van der Waals surface area contributed by atoms with Crippen LogP contribution in [0.15, 0.2) is 18.3 Å². The number of nitrogens with zero attached hydrogens (tertiary/aromatic N) is 6. The predicted molar refractivity (Wildman–Crippen MR) is 76.4 cm³/mol. The van der Waals surface area contributed by atoms with Crippen molar-refractivity contribution in [3.05, 3.63) is 35.3 Å². The van der Waals surface area contributed by atoms with E-state index in [-0.39, 0.29) is 16.8 Å². The zero-order valence-corrected chi connectivity index (χ0v) is 11.9. The summed E-state index contributed by atoms with van der Waals surface area (Å²) in [5.41, 5.74) is 2.69. The van der Waals surface area contributed by atoms with Crippen LogP contribution in [-0.2, 0) is 5.41 Å². The van der Waals surface area contributed by atoms with Crippen LogP contribution in [0, 0.1) is 22.7 Å². The van der Waals surface area contributed by atoms with Crippen LogP contribution in [-0.4, -0.2) is 19.4 Å². The Balaban J connectivity index is 2.40. The van der Waals surface area contributed by atoms with Crippen molar-refractivity contribution in [2.75, 3.05) is 0 Å². The Hall–Kier alpha value is -2.99. The van der Waals surface area contributed by atoms with Gasteiger partial charge in [-0.15, -0.1) is 0 Å². The molecule has 0 saturated heterocycles. The molecule has 0 unspecified atom stereocenters. The molecule has 3 heterocycles. The molecule has 0 aliphatic heterocycles. The number of imidazole rings is 1. The van der Waals surface area contributed by atoms with E-state index < -0.39 is 0 Å². The van der Waals surface area contributed by atoms with Crippen molar-refractivity contribution in [1.29, 1.82) is 10.5 Å².